The van der Waals surface area contributed by atoms with Gasteiger partial charge in [0.1, 0.15) is 17.0 Å². The Hall–Kier alpha value is -4.13. The molecule has 1 fully saturated rings. The summed E-state index contributed by atoms with van der Waals surface area (Å²) in [5.41, 5.74) is 0.918. The maximum absolute atomic E-state index is 13.3. The summed E-state index contributed by atoms with van der Waals surface area (Å²) in [5, 5.41) is 8.83. The molecule has 0 aliphatic carbocycles. The quantitative estimate of drug-likeness (QED) is 0.475. The molecule has 0 bridgehead atoms. The van der Waals surface area contributed by atoms with Crippen molar-refractivity contribution in [3.05, 3.63) is 84.1 Å². The van der Waals surface area contributed by atoms with E-state index in [1.165, 1.54) is 4.90 Å². The second kappa shape index (κ2) is 7.53. The van der Waals surface area contributed by atoms with Gasteiger partial charge in [-0.05, 0) is 41.5 Å². The lowest BCUT2D eigenvalue weighted by Crippen LogP contribution is -2.40. The summed E-state index contributed by atoms with van der Waals surface area (Å²) in [5.74, 6) is 1.01. The first-order valence-electron chi connectivity index (χ1n) is 10.2. The fraction of sp³-hybridized carbons (Fsp3) is 0.160. The molecule has 32 heavy (non-hydrogen) atoms. The minimum atomic E-state index is -1.17. The molecule has 3 aromatic carbocycles. The predicted octanol–water partition coefficient (Wildman–Crippen LogP) is 4.47. The van der Waals surface area contributed by atoms with E-state index in [4.69, 9.17) is 9.26 Å². The maximum Gasteiger partial charge on any atom is 0.325 e. The van der Waals surface area contributed by atoms with Gasteiger partial charge in [0.15, 0.2) is 5.76 Å². The Morgan fingerprint density at radius 2 is 1.75 bits per heavy atom. The number of aromatic nitrogens is 1. The van der Waals surface area contributed by atoms with E-state index >= 15 is 0 Å². The fourth-order valence-electron chi connectivity index (χ4n) is 3.98. The third-order valence-corrected chi connectivity index (χ3v) is 5.84. The van der Waals surface area contributed by atoms with Gasteiger partial charge in [-0.15, -0.1) is 0 Å². The highest BCUT2D eigenvalue weighted by atomic mass is 16.5. The van der Waals surface area contributed by atoms with Crippen LogP contribution in [-0.2, 0) is 16.9 Å². The maximum atomic E-state index is 13.3. The van der Waals surface area contributed by atoms with E-state index in [0.29, 0.717) is 17.0 Å². The minimum absolute atomic E-state index is 0.0291. The average molecular weight is 427 g/mol. The monoisotopic (exact) mass is 427 g/mol. The first-order valence-corrected chi connectivity index (χ1v) is 10.2. The second-order valence-electron chi connectivity index (χ2n) is 7.92. The van der Waals surface area contributed by atoms with Crippen LogP contribution in [0.2, 0.25) is 0 Å². The number of amides is 3. The fourth-order valence-corrected chi connectivity index (χ4v) is 3.98. The number of hydrogen-bond donors (Lipinski definition) is 1. The normalized spacial score (nSPS) is 18.2. The van der Waals surface area contributed by atoms with Crippen molar-refractivity contribution in [3.63, 3.8) is 0 Å². The van der Waals surface area contributed by atoms with Gasteiger partial charge in [0.2, 0.25) is 0 Å². The number of urea groups is 1. The molecule has 7 nitrogen and oxygen atoms in total. The first kappa shape index (κ1) is 19.8. The molecule has 1 aliphatic heterocycles. The Balaban J connectivity index is 1.41. The zero-order chi connectivity index (χ0) is 22.3. The van der Waals surface area contributed by atoms with Crippen LogP contribution in [0.5, 0.6) is 5.75 Å². The van der Waals surface area contributed by atoms with Crippen molar-refractivity contribution in [2.75, 3.05) is 7.11 Å². The van der Waals surface area contributed by atoms with Crippen LogP contribution in [0.15, 0.2) is 77.3 Å². The van der Waals surface area contributed by atoms with Gasteiger partial charge in [0.05, 0.1) is 13.7 Å². The average Bonchev–Trinajstić information content (AvgIpc) is 3.38. The summed E-state index contributed by atoms with van der Waals surface area (Å²) in [7, 11) is 1.62. The van der Waals surface area contributed by atoms with Crippen molar-refractivity contribution in [2.45, 2.75) is 19.0 Å². The van der Waals surface area contributed by atoms with Gasteiger partial charge >= 0.3 is 6.03 Å². The third-order valence-electron chi connectivity index (χ3n) is 5.84. The van der Waals surface area contributed by atoms with Gasteiger partial charge in [-0.3, -0.25) is 9.69 Å². The number of ether oxygens (including phenoxy) is 1. The Morgan fingerprint density at radius 3 is 2.53 bits per heavy atom. The number of nitrogens with zero attached hydrogens (tertiary/aromatic N) is 2. The number of hydrogen-bond acceptors (Lipinski definition) is 5. The van der Waals surface area contributed by atoms with E-state index in [-0.39, 0.29) is 12.5 Å². The van der Waals surface area contributed by atoms with Crippen molar-refractivity contribution >= 4 is 22.7 Å². The van der Waals surface area contributed by atoms with Crippen LogP contribution in [0.3, 0.4) is 0 Å². The van der Waals surface area contributed by atoms with Crippen molar-refractivity contribution in [3.8, 4) is 17.1 Å². The Morgan fingerprint density at radius 1 is 1.00 bits per heavy atom. The van der Waals surface area contributed by atoms with Gasteiger partial charge in [-0.2, -0.15) is 0 Å². The number of methoxy groups -OCH3 is 1. The standard InChI is InChI=1S/C25H21N3O4/c1-25(19-10-8-18-13-21(31-2)11-9-17(18)12-19)23(29)28(24(30)26-25)15-20-14-22(32-27-20)16-6-4-3-5-7-16/h3-14H,15H2,1-2H3,(H,26,30)/t25-/m1/s1. The molecule has 1 saturated heterocycles. The van der Waals surface area contributed by atoms with Crippen LogP contribution in [-0.4, -0.2) is 29.1 Å². The summed E-state index contributed by atoms with van der Waals surface area (Å²) in [4.78, 5) is 27.2. The van der Waals surface area contributed by atoms with Gasteiger partial charge in [0.25, 0.3) is 5.91 Å². The number of rotatable bonds is 5. The zero-order valence-corrected chi connectivity index (χ0v) is 17.7. The van der Waals surface area contributed by atoms with E-state index in [1.807, 2.05) is 66.7 Å². The molecule has 1 atom stereocenters. The molecule has 5 rings (SSSR count). The highest BCUT2D eigenvalue weighted by molar-refractivity contribution is 6.07. The van der Waals surface area contributed by atoms with E-state index in [2.05, 4.69) is 10.5 Å². The molecule has 3 amide bonds. The summed E-state index contributed by atoms with van der Waals surface area (Å²) in [6.45, 7) is 1.75. The summed E-state index contributed by atoms with van der Waals surface area (Å²) < 4.78 is 10.7. The predicted molar refractivity (Wildman–Crippen MR) is 119 cm³/mol. The SMILES string of the molecule is COc1ccc2cc([C@@]3(C)NC(=O)N(Cc4cc(-c5ccccc5)on4)C3=O)ccc2c1. The van der Waals surface area contributed by atoms with Crippen molar-refractivity contribution < 1.29 is 18.8 Å². The number of benzene rings is 3. The van der Waals surface area contributed by atoms with Crippen molar-refractivity contribution in [1.29, 1.82) is 0 Å². The molecule has 0 saturated carbocycles. The van der Waals surface area contributed by atoms with E-state index in [1.54, 1.807) is 20.1 Å². The summed E-state index contributed by atoms with van der Waals surface area (Å²) >= 11 is 0. The molecule has 1 aromatic heterocycles. The minimum Gasteiger partial charge on any atom is -0.497 e. The van der Waals surface area contributed by atoms with Crippen LogP contribution in [0.25, 0.3) is 22.1 Å². The topological polar surface area (TPSA) is 84.7 Å². The molecule has 0 radical (unpaired) electrons. The summed E-state index contributed by atoms with van der Waals surface area (Å²) in [6.07, 6.45) is 0. The number of carbonyl (C=O) groups is 2. The van der Waals surface area contributed by atoms with Crippen molar-refractivity contribution in [1.82, 2.24) is 15.4 Å². The van der Waals surface area contributed by atoms with Crippen LogP contribution >= 0.6 is 0 Å². The van der Waals surface area contributed by atoms with Crippen molar-refractivity contribution in [2.24, 2.45) is 0 Å². The molecular formula is C25H21N3O4. The highest BCUT2D eigenvalue weighted by Gasteiger charge is 2.49. The highest BCUT2D eigenvalue weighted by Crippen LogP contribution is 2.33. The molecule has 0 unspecified atom stereocenters. The third kappa shape index (κ3) is 3.28. The molecule has 4 aromatic rings. The number of carbonyl (C=O) groups excluding carboxylic acids is 2. The molecular weight excluding hydrogens is 406 g/mol. The molecule has 160 valence electrons. The Bertz CT molecular complexity index is 1330. The Kier molecular flexibility index (Phi) is 4.66. The molecule has 7 heteroatoms. The smallest absolute Gasteiger partial charge is 0.325 e. The summed E-state index contributed by atoms with van der Waals surface area (Å²) in [6, 6.07) is 22.2. The lowest BCUT2D eigenvalue weighted by Gasteiger charge is -2.22. The van der Waals surface area contributed by atoms with Gasteiger partial charge in [-0.1, -0.05) is 53.7 Å². The first-order chi connectivity index (χ1) is 15.5. The van der Waals surface area contributed by atoms with Gasteiger partial charge in [0, 0.05) is 11.6 Å². The van der Waals surface area contributed by atoms with Crippen LogP contribution in [0.4, 0.5) is 4.79 Å². The van der Waals surface area contributed by atoms with E-state index in [9.17, 15) is 9.59 Å². The van der Waals surface area contributed by atoms with Crippen LogP contribution in [0, 0.1) is 0 Å². The lowest BCUT2D eigenvalue weighted by atomic mass is 9.90. The number of imide groups is 1. The number of nitrogens with one attached hydrogen (secondary N) is 1. The molecule has 1 N–H and O–H groups in total. The Labute approximate surface area is 184 Å². The second-order valence-corrected chi connectivity index (χ2v) is 7.92. The van der Waals surface area contributed by atoms with Crippen LogP contribution < -0.4 is 10.1 Å². The molecule has 2 heterocycles. The molecule has 1 aliphatic rings. The lowest BCUT2D eigenvalue weighted by molar-refractivity contribution is -0.131. The van der Waals surface area contributed by atoms with Crippen LogP contribution in [0.1, 0.15) is 18.2 Å². The van der Waals surface area contributed by atoms with E-state index in [0.717, 1.165) is 22.1 Å². The zero-order valence-electron chi connectivity index (χ0n) is 17.7. The molecule has 0 spiro atoms. The van der Waals surface area contributed by atoms with E-state index < -0.39 is 11.6 Å². The number of fused-ring (bicyclic) bond motifs is 1. The van der Waals surface area contributed by atoms with Gasteiger partial charge < -0.3 is 14.6 Å². The van der Waals surface area contributed by atoms with Gasteiger partial charge in [-0.25, -0.2) is 4.79 Å². The largest absolute Gasteiger partial charge is 0.497 e.